The van der Waals surface area contributed by atoms with Crippen LogP contribution in [0.5, 0.6) is 0 Å². The Balaban J connectivity index is 1.81. The van der Waals surface area contributed by atoms with Gasteiger partial charge in [0.2, 0.25) is 0 Å². The van der Waals surface area contributed by atoms with Gasteiger partial charge in [-0.2, -0.15) is 0 Å². The van der Waals surface area contributed by atoms with Crippen molar-refractivity contribution in [1.82, 2.24) is 10.2 Å². The lowest BCUT2D eigenvalue weighted by molar-refractivity contribution is 0.139. The Morgan fingerprint density at radius 3 is 2.75 bits per heavy atom. The Bertz CT molecular complexity index is 611. The lowest BCUT2D eigenvalue weighted by Gasteiger charge is -2.37. The fraction of sp³-hybridized carbons (Fsp3) is 0.412. The number of rotatable bonds is 2. The molecule has 0 aromatic heterocycles. The number of piperazine rings is 1. The molecule has 1 aliphatic rings. The van der Waals surface area contributed by atoms with E-state index in [1.54, 1.807) is 6.07 Å². The summed E-state index contributed by atoms with van der Waals surface area (Å²) in [6, 6.07) is 12.4. The van der Waals surface area contributed by atoms with Gasteiger partial charge in [-0.05, 0) is 48.4 Å². The summed E-state index contributed by atoms with van der Waals surface area (Å²) in [6.45, 7) is 7.56. The van der Waals surface area contributed by atoms with Gasteiger partial charge >= 0.3 is 0 Å². The third-order valence-corrected chi connectivity index (χ3v) is 4.15. The first-order chi connectivity index (χ1) is 9.61. The third-order valence-electron chi connectivity index (χ3n) is 4.15. The van der Waals surface area contributed by atoms with Crippen molar-refractivity contribution < 1.29 is 4.39 Å². The Morgan fingerprint density at radius 1 is 1.15 bits per heavy atom. The maximum absolute atomic E-state index is 13.2. The molecular formula is C17H21FN2. The SMILES string of the molecule is C[C@@H]1CN(Cc2ccc3cc(F)ccc3c2)[C@@H](C)CN1. The molecule has 2 aromatic carbocycles. The molecule has 0 unspecified atom stereocenters. The van der Waals surface area contributed by atoms with Crippen LogP contribution in [0.4, 0.5) is 4.39 Å². The highest BCUT2D eigenvalue weighted by Gasteiger charge is 2.22. The van der Waals surface area contributed by atoms with Crippen LogP contribution >= 0.6 is 0 Å². The molecule has 3 heteroatoms. The van der Waals surface area contributed by atoms with Crippen molar-refractivity contribution in [3.05, 3.63) is 47.8 Å². The smallest absolute Gasteiger partial charge is 0.123 e. The molecule has 0 radical (unpaired) electrons. The van der Waals surface area contributed by atoms with Gasteiger partial charge in [0.05, 0.1) is 0 Å². The fourth-order valence-corrected chi connectivity index (χ4v) is 2.92. The molecule has 0 amide bonds. The monoisotopic (exact) mass is 272 g/mol. The number of benzene rings is 2. The molecule has 1 aliphatic heterocycles. The van der Waals surface area contributed by atoms with Crippen molar-refractivity contribution in [3.8, 4) is 0 Å². The number of nitrogens with one attached hydrogen (secondary N) is 1. The predicted octanol–water partition coefficient (Wildman–Crippen LogP) is 3.16. The minimum absolute atomic E-state index is 0.171. The lowest BCUT2D eigenvalue weighted by Crippen LogP contribution is -2.53. The summed E-state index contributed by atoms with van der Waals surface area (Å²) in [4.78, 5) is 2.51. The summed E-state index contributed by atoms with van der Waals surface area (Å²) < 4.78 is 13.2. The van der Waals surface area contributed by atoms with Gasteiger partial charge in [0, 0.05) is 31.7 Å². The van der Waals surface area contributed by atoms with Crippen LogP contribution in [0.3, 0.4) is 0 Å². The molecule has 2 atom stereocenters. The second kappa shape index (κ2) is 5.51. The summed E-state index contributed by atoms with van der Waals surface area (Å²) in [5.41, 5.74) is 1.30. The first kappa shape index (κ1) is 13.5. The molecule has 106 valence electrons. The summed E-state index contributed by atoms with van der Waals surface area (Å²) in [7, 11) is 0. The summed E-state index contributed by atoms with van der Waals surface area (Å²) in [6.07, 6.45) is 0. The topological polar surface area (TPSA) is 15.3 Å². The molecular weight excluding hydrogens is 251 g/mol. The van der Waals surface area contributed by atoms with Gasteiger partial charge in [0.15, 0.2) is 0 Å². The lowest BCUT2D eigenvalue weighted by atomic mass is 10.0. The Kier molecular flexibility index (Phi) is 3.72. The molecule has 0 aliphatic carbocycles. The van der Waals surface area contributed by atoms with Gasteiger partial charge in [-0.25, -0.2) is 4.39 Å². The van der Waals surface area contributed by atoms with E-state index in [0.717, 1.165) is 30.4 Å². The molecule has 1 saturated heterocycles. The quantitative estimate of drug-likeness (QED) is 0.903. The standard InChI is InChI=1S/C17H21FN2/c1-12-10-20(13(2)9-19-12)11-14-3-4-16-8-17(18)6-5-15(16)7-14/h3-8,12-13,19H,9-11H2,1-2H3/t12-,13+/m1/s1. The van der Waals surface area contributed by atoms with E-state index >= 15 is 0 Å². The second-order valence-electron chi connectivity index (χ2n) is 5.91. The van der Waals surface area contributed by atoms with E-state index in [9.17, 15) is 4.39 Å². The van der Waals surface area contributed by atoms with E-state index < -0.39 is 0 Å². The predicted molar refractivity (Wildman–Crippen MR) is 81.2 cm³/mol. The minimum Gasteiger partial charge on any atom is -0.311 e. The molecule has 1 fully saturated rings. The van der Waals surface area contributed by atoms with Crippen molar-refractivity contribution in [2.75, 3.05) is 13.1 Å². The first-order valence-corrected chi connectivity index (χ1v) is 7.27. The number of hydrogen-bond donors (Lipinski definition) is 1. The molecule has 2 aromatic rings. The fourth-order valence-electron chi connectivity index (χ4n) is 2.92. The molecule has 1 N–H and O–H groups in total. The van der Waals surface area contributed by atoms with Crippen molar-refractivity contribution >= 4 is 10.8 Å². The number of fused-ring (bicyclic) bond motifs is 1. The van der Waals surface area contributed by atoms with Gasteiger partial charge in [0.25, 0.3) is 0 Å². The average molecular weight is 272 g/mol. The summed E-state index contributed by atoms with van der Waals surface area (Å²) in [5, 5.41) is 5.58. The van der Waals surface area contributed by atoms with E-state index in [1.807, 2.05) is 12.1 Å². The molecule has 20 heavy (non-hydrogen) atoms. The zero-order valence-corrected chi connectivity index (χ0v) is 12.1. The van der Waals surface area contributed by atoms with E-state index in [2.05, 4.69) is 36.2 Å². The number of hydrogen-bond acceptors (Lipinski definition) is 2. The molecule has 1 heterocycles. The van der Waals surface area contributed by atoms with E-state index in [0.29, 0.717) is 12.1 Å². The Labute approximate surface area is 119 Å². The van der Waals surface area contributed by atoms with Crippen LogP contribution in [-0.2, 0) is 6.54 Å². The zero-order chi connectivity index (χ0) is 14.1. The maximum atomic E-state index is 13.2. The minimum atomic E-state index is -0.171. The van der Waals surface area contributed by atoms with E-state index in [-0.39, 0.29) is 5.82 Å². The highest BCUT2D eigenvalue weighted by molar-refractivity contribution is 5.83. The molecule has 3 rings (SSSR count). The molecule has 0 bridgehead atoms. The second-order valence-corrected chi connectivity index (χ2v) is 5.91. The number of nitrogens with zero attached hydrogens (tertiary/aromatic N) is 1. The summed E-state index contributed by atoms with van der Waals surface area (Å²) in [5.74, 6) is -0.171. The summed E-state index contributed by atoms with van der Waals surface area (Å²) >= 11 is 0. The highest BCUT2D eigenvalue weighted by Crippen LogP contribution is 2.19. The average Bonchev–Trinajstić information content (AvgIpc) is 2.43. The van der Waals surface area contributed by atoms with Crippen molar-refractivity contribution in [1.29, 1.82) is 0 Å². The third kappa shape index (κ3) is 2.84. The highest BCUT2D eigenvalue weighted by atomic mass is 19.1. The van der Waals surface area contributed by atoms with Gasteiger partial charge in [0.1, 0.15) is 5.82 Å². The Morgan fingerprint density at radius 2 is 1.90 bits per heavy atom. The first-order valence-electron chi connectivity index (χ1n) is 7.27. The zero-order valence-electron chi connectivity index (χ0n) is 12.1. The van der Waals surface area contributed by atoms with Crippen LogP contribution in [0.1, 0.15) is 19.4 Å². The van der Waals surface area contributed by atoms with E-state index in [4.69, 9.17) is 0 Å². The Hall–Kier alpha value is -1.45. The largest absolute Gasteiger partial charge is 0.311 e. The molecule has 2 nitrogen and oxygen atoms in total. The maximum Gasteiger partial charge on any atom is 0.123 e. The van der Waals surface area contributed by atoms with Gasteiger partial charge in [-0.15, -0.1) is 0 Å². The molecule has 0 spiro atoms. The van der Waals surface area contributed by atoms with Crippen LogP contribution in [-0.4, -0.2) is 30.1 Å². The van der Waals surface area contributed by atoms with Gasteiger partial charge in [-0.3, -0.25) is 4.90 Å². The van der Waals surface area contributed by atoms with Crippen molar-refractivity contribution in [2.45, 2.75) is 32.5 Å². The van der Waals surface area contributed by atoms with Crippen LogP contribution in [0.25, 0.3) is 10.8 Å². The van der Waals surface area contributed by atoms with Crippen molar-refractivity contribution in [2.24, 2.45) is 0 Å². The van der Waals surface area contributed by atoms with Crippen LogP contribution in [0, 0.1) is 5.82 Å². The number of halogens is 1. The normalized spacial score (nSPS) is 24.1. The van der Waals surface area contributed by atoms with Crippen molar-refractivity contribution in [3.63, 3.8) is 0 Å². The van der Waals surface area contributed by atoms with Crippen LogP contribution in [0.15, 0.2) is 36.4 Å². The van der Waals surface area contributed by atoms with Crippen LogP contribution in [0.2, 0.25) is 0 Å². The van der Waals surface area contributed by atoms with Gasteiger partial charge in [-0.1, -0.05) is 18.2 Å². The molecule has 0 saturated carbocycles. The van der Waals surface area contributed by atoms with Crippen LogP contribution < -0.4 is 5.32 Å². The van der Waals surface area contributed by atoms with E-state index in [1.165, 1.54) is 11.6 Å². The van der Waals surface area contributed by atoms with Gasteiger partial charge < -0.3 is 5.32 Å².